The third kappa shape index (κ3) is 3.84. The number of halogens is 1. The minimum atomic E-state index is -0.0960. The molecule has 0 aliphatic heterocycles. The number of benzene rings is 1. The molecule has 0 bridgehead atoms. The van der Waals surface area contributed by atoms with Crippen molar-refractivity contribution in [3.63, 3.8) is 0 Å². The van der Waals surface area contributed by atoms with Crippen LogP contribution in [0.2, 0.25) is 0 Å². The van der Waals surface area contributed by atoms with Gasteiger partial charge < -0.3 is 5.32 Å². The van der Waals surface area contributed by atoms with Gasteiger partial charge in [-0.05, 0) is 35.6 Å². The molecule has 0 fully saturated rings. The summed E-state index contributed by atoms with van der Waals surface area (Å²) in [4.78, 5) is 12.7. The highest BCUT2D eigenvalue weighted by Gasteiger charge is 2.15. The molecule has 0 aliphatic carbocycles. The van der Waals surface area contributed by atoms with E-state index in [0.29, 0.717) is 11.4 Å². The number of rotatable bonds is 5. The Kier molecular flexibility index (Phi) is 5.04. The summed E-state index contributed by atoms with van der Waals surface area (Å²) in [6.07, 6.45) is 1.75. The van der Waals surface area contributed by atoms with Crippen LogP contribution in [0.1, 0.15) is 34.3 Å². The van der Waals surface area contributed by atoms with Gasteiger partial charge >= 0.3 is 0 Å². The highest BCUT2D eigenvalue weighted by molar-refractivity contribution is 9.10. The lowest BCUT2D eigenvalue weighted by atomic mass is 10.2. The number of aromatic nitrogens is 2. The number of aryl methyl sites for hydroxylation is 1. The lowest BCUT2D eigenvalue weighted by molar-refractivity contribution is 0.0954. The van der Waals surface area contributed by atoms with E-state index in [9.17, 15) is 4.79 Å². The van der Waals surface area contributed by atoms with Gasteiger partial charge in [0.1, 0.15) is 4.88 Å². The Balaban J connectivity index is 1.97. The second-order valence-corrected chi connectivity index (χ2v) is 5.78. The van der Waals surface area contributed by atoms with Gasteiger partial charge in [0.25, 0.3) is 5.91 Å². The maximum atomic E-state index is 12.1. The first-order chi connectivity index (χ1) is 9.20. The zero-order chi connectivity index (χ0) is 13.7. The summed E-state index contributed by atoms with van der Waals surface area (Å²) in [5, 5.41) is 6.89. The minimum absolute atomic E-state index is 0.0960. The normalized spacial score (nSPS) is 10.4. The summed E-state index contributed by atoms with van der Waals surface area (Å²) in [5.41, 5.74) is 1.85. The molecule has 1 heterocycles. The molecule has 0 spiro atoms. The van der Waals surface area contributed by atoms with Crippen LogP contribution in [0.5, 0.6) is 0 Å². The number of carbonyl (C=O) groups is 1. The monoisotopic (exact) mass is 339 g/mol. The summed E-state index contributed by atoms with van der Waals surface area (Å²) in [5.74, 6) is -0.0960. The standard InChI is InChI=1S/C13H14BrN3OS/c1-2-3-11-12(19-17-16-11)13(18)15-8-9-4-6-10(14)7-5-9/h4-7H,2-3,8H2,1H3,(H,15,18). The quantitative estimate of drug-likeness (QED) is 0.910. The van der Waals surface area contributed by atoms with Crippen molar-refractivity contribution in [3.8, 4) is 0 Å². The van der Waals surface area contributed by atoms with Gasteiger partial charge in [-0.3, -0.25) is 4.79 Å². The van der Waals surface area contributed by atoms with Crippen molar-refractivity contribution in [3.05, 3.63) is 44.9 Å². The van der Waals surface area contributed by atoms with Gasteiger partial charge in [-0.15, -0.1) is 5.10 Å². The molecule has 0 unspecified atom stereocenters. The number of amides is 1. The van der Waals surface area contributed by atoms with E-state index >= 15 is 0 Å². The van der Waals surface area contributed by atoms with E-state index in [0.717, 1.165) is 40.1 Å². The van der Waals surface area contributed by atoms with E-state index in [1.54, 1.807) is 0 Å². The minimum Gasteiger partial charge on any atom is -0.347 e. The Morgan fingerprint density at radius 3 is 2.79 bits per heavy atom. The van der Waals surface area contributed by atoms with Crippen LogP contribution in [0, 0.1) is 0 Å². The lowest BCUT2D eigenvalue weighted by Gasteiger charge is -2.04. The largest absolute Gasteiger partial charge is 0.347 e. The van der Waals surface area contributed by atoms with Crippen LogP contribution in [0.15, 0.2) is 28.7 Å². The number of hydrogen-bond donors (Lipinski definition) is 1. The average molecular weight is 340 g/mol. The first-order valence-electron chi connectivity index (χ1n) is 6.04. The number of nitrogens with zero attached hydrogens (tertiary/aromatic N) is 2. The van der Waals surface area contributed by atoms with Crippen molar-refractivity contribution >= 4 is 33.4 Å². The van der Waals surface area contributed by atoms with Crippen molar-refractivity contribution in [1.29, 1.82) is 0 Å². The fourth-order valence-corrected chi connectivity index (χ4v) is 2.54. The van der Waals surface area contributed by atoms with Crippen LogP contribution in [-0.4, -0.2) is 15.5 Å². The highest BCUT2D eigenvalue weighted by atomic mass is 79.9. The summed E-state index contributed by atoms with van der Waals surface area (Å²) < 4.78 is 4.88. The molecule has 19 heavy (non-hydrogen) atoms. The molecule has 1 aromatic carbocycles. The van der Waals surface area contributed by atoms with Crippen molar-refractivity contribution in [1.82, 2.24) is 14.9 Å². The predicted octanol–water partition coefficient (Wildman–Crippen LogP) is 3.18. The summed E-state index contributed by atoms with van der Waals surface area (Å²) in [6, 6.07) is 7.86. The maximum Gasteiger partial charge on any atom is 0.265 e. The van der Waals surface area contributed by atoms with E-state index in [-0.39, 0.29) is 5.91 Å². The summed E-state index contributed by atoms with van der Waals surface area (Å²) in [6.45, 7) is 2.57. The van der Waals surface area contributed by atoms with Gasteiger partial charge in [-0.25, -0.2) is 0 Å². The molecule has 1 aromatic heterocycles. The van der Waals surface area contributed by atoms with E-state index in [1.165, 1.54) is 0 Å². The van der Waals surface area contributed by atoms with Gasteiger partial charge in [-0.2, -0.15) is 0 Å². The fraction of sp³-hybridized carbons (Fsp3) is 0.308. The molecule has 2 rings (SSSR count). The second-order valence-electron chi connectivity index (χ2n) is 4.11. The molecule has 0 radical (unpaired) electrons. The molecule has 1 amide bonds. The topological polar surface area (TPSA) is 54.9 Å². The van der Waals surface area contributed by atoms with Crippen LogP contribution >= 0.6 is 27.5 Å². The molecule has 2 aromatic rings. The second kappa shape index (κ2) is 6.77. The molecule has 0 aliphatic rings. The third-order valence-electron chi connectivity index (χ3n) is 2.62. The van der Waals surface area contributed by atoms with Crippen molar-refractivity contribution < 1.29 is 4.79 Å². The van der Waals surface area contributed by atoms with E-state index in [2.05, 4.69) is 37.8 Å². The molecule has 0 saturated carbocycles. The molecule has 0 atom stereocenters. The van der Waals surface area contributed by atoms with E-state index in [1.807, 2.05) is 24.3 Å². The average Bonchev–Trinajstić information content (AvgIpc) is 2.86. The van der Waals surface area contributed by atoms with Crippen LogP contribution in [0.4, 0.5) is 0 Å². The molecule has 100 valence electrons. The predicted molar refractivity (Wildman–Crippen MR) is 79.2 cm³/mol. The Morgan fingerprint density at radius 2 is 2.11 bits per heavy atom. The van der Waals surface area contributed by atoms with Crippen LogP contribution < -0.4 is 5.32 Å². The third-order valence-corrected chi connectivity index (χ3v) is 3.91. The van der Waals surface area contributed by atoms with Crippen molar-refractivity contribution in [2.45, 2.75) is 26.3 Å². The van der Waals surface area contributed by atoms with Crippen LogP contribution in [-0.2, 0) is 13.0 Å². The van der Waals surface area contributed by atoms with Crippen LogP contribution in [0.3, 0.4) is 0 Å². The Labute approximate surface area is 124 Å². The van der Waals surface area contributed by atoms with Crippen LogP contribution in [0.25, 0.3) is 0 Å². The fourth-order valence-electron chi connectivity index (χ4n) is 1.65. The molecule has 4 nitrogen and oxygen atoms in total. The Morgan fingerprint density at radius 1 is 1.37 bits per heavy atom. The van der Waals surface area contributed by atoms with Gasteiger partial charge in [0, 0.05) is 11.0 Å². The first-order valence-corrected chi connectivity index (χ1v) is 7.61. The summed E-state index contributed by atoms with van der Waals surface area (Å²) >= 11 is 4.54. The lowest BCUT2D eigenvalue weighted by Crippen LogP contribution is -2.22. The Bertz CT molecular complexity index is 553. The zero-order valence-electron chi connectivity index (χ0n) is 10.5. The number of carbonyl (C=O) groups excluding carboxylic acids is 1. The van der Waals surface area contributed by atoms with E-state index < -0.39 is 0 Å². The SMILES string of the molecule is CCCc1nnsc1C(=O)NCc1ccc(Br)cc1. The summed E-state index contributed by atoms with van der Waals surface area (Å²) in [7, 11) is 0. The maximum absolute atomic E-state index is 12.1. The van der Waals surface area contributed by atoms with Crippen molar-refractivity contribution in [2.24, 2.45) is 0 Å². The number of hydrogen-bond acceptors (Lipinski definition) is 4. The zero-order valence-corrected chi connectivity index (χ0v) is 12.9. The van der Waals surface area contributed by atoms with Gasteiger partial charge in [0.15, 0.2) is 0 Å². The number of nitrogens with one attached hydrogen (secondary N) is 1. The Hall–Kier alpha value is -1.27. The van der Waals surface area contributed by atoms with E-state index in [4.69, 9.17) is 0 Å². The first kappa shape index (κ1) is 14.1. The molecule has 1 N–H and O–H groups in total. The van der Waals surface area contributed by atoms with Gasteiger partial charge in [-0.1, -0.05) is 45.9 Å². The van der Waals surface area contributed by atoms with Crippen molar-refractivity contribution in [2.75, 3.05) is 0 Å². The van der Waals surface area contributed by atoms with Gasteiger partial charge in [0.2, 0.25) is 0 Å². The smallest absolute Gasteiger partial charge is 0.265 e. The molecule has 0 saturated heterocycles. The van der Waals surface area contributed by atoms with Gasteiger partial charge in [0.05, 0.1) is 5.69 Å². The molecule has 6 heteroatoms. The highest BCUT2D eigenvalue weighted by Crippen LogP contribution is 2.13. The molecular formula is C13H14BrN3OS. The molecular weight excluding hydrogens is 326 g/mol.